The van der Waals surface area contributed by atoms with Gasteiger partial charge in [0, 0.05) is 0 Å². The van der Waals surface area contributed by atoms with E-state index in [1.54, 1.807) is 32.9 Å². The summed E-state index contributed by atoms with van der Waals surface area (Å²) in [6.45, 7) is 4.01. The van der Waals surface area contributed by atoms with Crippen molar-refractivity contribution in [2.45, 2.75) is 45.6 Å². The molecule has 0 aliphatic rings. The number of methoxy groups -OCH3 is 1. The summed E-state index contributed by atoms with van der Waals surface area (Å²) in [4.78, 5) is 51.0. The molecule has 0 heterocycles. The molecule has 2 aromatic rings. The number of carbonyl (C=O) groups is 4. The molecular formula is C27H34N2O8. The molecule has 0 aliphatic heterocycles. The fourth-order valence-corrected chi connectivity index (χ4v) is 3.05. The Morgan fingerprint density at radius 1 is 0.838 bits per heavy atom. The van der Waals surface area contributed by atoms with Gasteiger partial charge in [0.25, 0.3) is 0 Å². The van der Waals surface area contributed by atoms with E-state index in [4.69, 9.17) is 18.9 Å². The zero-order valence-corrected chi connectivity index (χ0v) is 21.6. The van der Waals surface area contributed by atoms with Gasteiger partial charge in [0.05, 0.1) is 20.2 Å². The standard InChI is InChI=1S/C27H34N2O8/c1-27(2,3)37-26(33)29(17-24(31)36-19-21-13-9-6-10-14-21)16-22(25(32)34-4)28-15-23(30)35-18-20-11-7-5-8-12-20/h5-14,22,28H,15-19H2,1-4H3/t22-/m0/s1. The summed E-state index contributed by atoms with van der Waals surface area (Å²) in [5.74, 6) is -2.04. The molecule has 0 unspecified atom stereocenters. The van der Waals surface area contributed by atoms with Crippen LogP contribution in [-0.4, -0.2) is 67.3 Å². The highest BCUT2D eigenvalue weighted by Crippen LogP contribution is 2.11. The molecule has 0 saturated carbocycles. The Morgan fingerprint density at radius 2 is 1.35 bits per heavy atom. The predicted octanol–water partition coefficient (Wildman–Crippen LogP) is 2.84. The smallest absolute Gasteiger partial charge is 0.410 e. The summed E-state index contributed by atoms with van der Waals surface area (Å²) in [6.07, 6.45) is -0.827. The van der Waals surface area contributed by atoms with Crippen LogP contribution in [0.4, 0.5) is 4.79 Å². The Morgan fingerprint density at radius 3 is 1.84 bits per heavy atom. The summed E-state index contributed by atoms with van der Waals surface area (Å²) in [7, 11) is 1.18. The van der Waals surface area contributed by atoms with E-state index in [2.05, 4.69) is 5.32 Å². The molecule has 0 fully saturated rings. The molecule has 2 aromatic carbocycles. The average Bonchev–Trinajstić information content (AvgIpc) is 2.87. The lowest BCUT2D eigenvalue weighted by atomic mass is 10.2. The summed E-state index contributed by atoms with van der Waals surface area (Å²) in [5.41, 5.74) is 0.742. The molecule has 0 radical (unpaired) electrons. The second-order valence-corrected chi connectivity index (χ2v) is 9.11. The Bertz CT molecular complexity index is 1020. The van der Waals surface area contributed by atoms with E-state index in [-0.39, 0.29) is 26.3 Å². The first-order chi connectivity index (χ1) is 17.6. The SMILES string of the molecule is COC(=O)[C@H](CN(CC(=O)OCc1ccccc1)C(=O)OC(C)(C)C)NCC(=O)OCc1ccccc1. The van der Waals surface area contributed by atoms with E-state index in [1.807, 2.05) is 48.5 Å². The first-order valence-corrected chi connectivity index (χ1v) is 11.8. The fraction of sp³-hybridized carbons (Fsp3) is 0.407. The molecule has 0 aliphatic carbocycles. The number of hydrogen-bond donors (Lipinski definition) is 1. The molecule has 37 heavy (non-hydrogen) atoms. The minimum Gasteiger partial charge on any atom is -0.468 e. The van der Waals surface area contributed by atoms with Crippen LogP contribution in [0, 0.1) is 0 Å². The molecule has 0 bridgehead atoms. The van der Waals surface area contributed by atoms with Gasteiger partial charge in [-0.1, -0.05) is 60.7 Å². The van der Waals surface area contributed by atoms with Gasteiger partial charge < -0.3 is 18.9 Å². The van der Waals surface area contributed by atoms with Crippen molar-refractivity contribution >= 4 is 24.0 Å². The lowest BCUT2D eigenvalue weighted by molar-refractivity contribution is -0.149. The van der Waals surface area contributed by atoms with Crippen molar-refractivity contribution in [1.82, 2.24) is 10.2 Å². The first-order valence-electron chi connectivity index (χ1n) is 11.8. The van der Waals surface area contributed by atoms with Gasteiger partial charge in [0.2, 0.25) is 0 Å². The highest BCUT2D eigenvalue weighted by atomic mass is 16.6. The van der Waals surface area contributed by atoms with E-state index < -0.39 is 42.2 Å². The Labute approximate surface area is 216 Å². The van der Waals surface area contributed by atoms with Gasteiger partial charge in [-0.25, -0.2) is 4.79 Å². The topological polar surface area (TPSA) is 120 Å². The second-order valence-electron chi connectivity index (χ2n) is 9.11. The van der Waals surface area contributed by atoms with Crippen LogP contribution in [0.1, 0.15) is 31.9 Å². The van der Waals surface area contributed by atoms with Crippen molar-refractivity contribution in [2.75, 3.05) is 26.7 Å². The van der Waals surface area contributed by atoms with E-state index >= 15 is 0 Å². The number of esters is 3. The summed E-state index contributed by atoms with van der Waals surface area (Å²) in [6, 6.07) is 17.1. The Balaban J connectivity index is 2.02. The average molecular weight is 515 g/mol. The van der Waals surface area contributed by atoms with Gasteiger partial charge in [-0.15, -0.1) is 0 Å². The maximum absolute atomic E-state index is 12.8. The van der Waals surface area contributed by atoms with Crippen LogP contribution in [0.5, 0.6) is 0 Å². The molecule has 0 aromatic heterocycles. The number of hydrogen-bond acceptors (Lipinski definition) is 9. The van der Waals surface area contributed by atoms with Crippen molar-refractivity contribution in [1.29, 1.82) is 0 Å². The lowest BCUT2D eigenvalue weighted by Crippen LogP contribution is -2.52. The summed E-state index contributed by atoms with van der Waals surface area (Å²) in [5, 5.41) is 2.74. The van der Waals surface area contributed by atoms with Gasteiger partial charge in [-0.3, -0.25) is 24.6 Å². The van der Waals surface area contributed by atoms with Gasteiger partial charge >= 0.3 is 24.0 Å². The number of carbonyl (C=O) groups excluding carboxylic acids is 4. The van der Waals surface area contributed by atoms with Gasteiger partial charge in [-0.05, 0) is 31.9 Å². The van der Waals surface area contributed by atoms with Crippen molar-refractivity contribution in [3.63, 3.8) is 0 Å². The molecule has 2 rings (SSSR count). The molecule has 1 atom stereocenters. The largest absolute Gasteiger partial charge is 0.468 e. The first kappa shape index (κ1) is 29.3. The van der Waals surface area contributed by atoms with Crippen LogP contribution in [-0.2, 0) is 46.5 Å². The number of benzene rings is 2. The normalized spacial score (nSPS) is 11.7. The number of amides is 1. The van der Waals surface area contributed by atoms with E-state index in [0.717, 1.165) is 16.0 Å². The van der Waals surface area contributed by atoms with Gasteiger partial charge in [0.15, 0.2) is 0 Å². The Kier molecular flexibility index (Phi) is 11.6. The van der Waals surface area contributed by atoms with Crippen LogP contribution in [0.3, 0.4) is 0 Å². The van der Waals surface area contributed by atoms with Crippen molar-refractivity contribution in [3.05, 3.63) is 71.8 Å². The summed E-state index contributed by atoms with van der Waals surface area (Å²) < 4.78 is 20.7. The van der Waals surface area contributed by atoms with Crippen LogP contribution in [0.15, 0.2) is 60.7 Å². The minimum absolute atomic E-state index is 0.0216. The van der Waals surface area contributed by atoms with E-state index in [9.17, 15) is 19.2 Å². The molecule has 10 heteroatoms. The number of ether oxygens (including phenoxy) is 4. The molecule has 1 amide bonds. The zero-order chi connectivity index (χ0) is 27.3. The molecular weight excluding hydrogens is 480 g/mol. The maximum atomic E-state index is 12.8. The predicted molar refractivity (Wildman–Crippen MR) is 134 cm³/mol. The van der Waals surface area contributed by atoms with Crippen LogP contribution in [0.2, 0.25) is 0 Å². The highest BCUT2D eigenvalue weighted by Gasteiger charge is 2.30. The zero-order valence-electron chi connectivity index (χ0n) is 21.6. The minimum atomic E-state index is -1.14. The van der Waals surface area contributed by atoms with Crippen molar-refractivity contribution in [3.8, 4) is 0 Å². The monoisotopic (exact) mass is 514 g/mol. The fourth-order valence-electron chi connectivity index (χ4n) is 3.05. The highest BCUT2D eigenvalue weighted by molar-refractivity contribution is 5.81. The van der Waals surface area contributed by atoms with Gasteiger partial charge in [-0.2, -0.15) is 0 Å². The van der Waals surface area contributed by atoms with Crippen LogP contribution in [0.25, 0.3) is 0 Å². The quantitative estimate of drug-likeness (QED) is 0.337. The summed E-state index contributed by atoms with van der Waals surface area (Å²) >= 11 is 0. The molecule has 0 saturated heterocycles. The molecule has 10 nitrogen and oxygen atoms in total. The van der Waals surface area contributed by atoms with Gasteiger partial charge in [0.1, 0.15) is 31.4 Å². The van der Waals surface area contributed by atoms with E-state index in [1.165, 1.54) is 7.11 Å². The lowest BCUT2D eigenvalue weighted by Gasteiger charge is -2.29. The van der Waals surface area contributed by atoms with Crippen LogP contribution < -0.4 is 5.32 Å². The van der Waals surface area contributed by atoms with Crippen molar-refractivity contribution < 1.29 is 38.1 Å². The number of nitrogens with one attached hydrogen (secondary N) is 1. The third-order valence-corrected chi connectivity index (χ3v) is 4.84. The molecule has 1 N–H and O–H groups in total. The molecule has 0 spiro atoms. The number of rotatable bonds is 12. The maximum Gasteiger partial charge on any atom is 0.410 e. The third-order valence-electron chi connectivity index (χ3n) is 4.84. The van der Waals surface area contributed by atoms with Crippen molar-refractivity contribution in [2.24, 2.45) is 0 Å². The van der Waals surface area contributed by atoms with E-state index in [0.29, 0.717) is 0 Å². The second kappa shape index (κ2) is 14.6. The van der Waals surface area contributed by atoms with Crippen LogP contribution >= 0.6 is 0 Å². The third kappa shape index (κ3) is 11.6. The molecule has 200 valence electrons. The number of nitrogens with zero attached hydrogens (tertiary/aromatic N) is 1. The Hall–Kier alpha value is -3.92.